The van der Waals surface area contributed by atoms with Gasteiger partial charge in [0.1, 0.15) is 6.04 Å². The molecule has 0 aromatic rings. The standard InChI is InChI=1S/C11H20BrNO2/c1-3-10(11(14)15-4-2)13-7-5-9(12)6-8-13/h9-10H,3-8H2,1-2H3. The molecule has 0 aromatic carbocycles. The summed E-state index contributed by atoms with van der Waals surface area (Å²) in [6.45, 7) is 6.36. The Hall–Kier alpha value is -0.0900. The van der Waals surface area contributed by atoms with Crippen molar-refractivity contribution in [3.8, 4) is 0 Å². The zero-order valence-corrected chi connectivity index (χ0v) is 11.1. The molecular formula is C11H20BrNO2. The molecule has 0 aromatic heterocycles. The Labute approximate surface area is 100 Å². The van der Waals surface area contributed by atoms with E-state index in [1.807, 2.05) is 13.8 Å². The average Bonchev–Trinajstić information content (AvgIpc) is 2.22. The predicted octanol–water partition coefficient (Wildman–Crippen LogP) is 2.19. The van der Waals surface area contributed by atoms with Gasteiger partial charge in [-0.25, -0.2) is 0 Å². The second-order valence-electron chi connectivity index (χ2n) is 3.89. The number of piperidine rings is 1. The van der Waals surface area contributed by atoms with Crippen molar-refractivity contribution in [2.75, 3.05) is 19.7 Å². The molecule has 1 unspecified atom stereocenters. The molecule has 1 fully saturated rings. The highest BCUT2D eigenvalue weighted by Crippen LogP contribution is 2.20. The molecule has 1 heterocycles. The monoisotopic (exact) mass is 277 g/mol. The molecule has 4 heteroatoms. The third kappa shape index (κ3) is 3.76. The van der Waals surface area contributed by atoms with Crippen molar-refractivity contribution in [2.24, 2.45) is 0 Å². The molecule has 1 aliphatic rings. The lowest BCUT2D eigenvalue weighted by Gasteiger charge is -2.34. The lowest BCUT2D eigenvalue weighted by Crippen LogP contribution is -2.46. The van der Waals surface area contributed by atoms with E-state index in [2.05, 4.69) is 20.8 Å². The van der Waals surface area contributed by atoms with Crippen LogP contribution < -0.4 is 0 Å². The van der Waals surface area contributed by atoms with E-state index < -0.39 is 0 Å². The van der Waals surface area contributed by atoms with Crippen LogP contribution in [0.25, 0.3) is 0 Å². The van der Waals surface area contributed by atoms with E-state index in [4.69, 9.17) is 4.74 Å². The van der Waals surface area contributed by atoms with Gasteiger partial charge in [0.25, 0.3) is 0 Å². The van der Waals surface area contributed by atoms with Gasteiger partial charge in [0.15, 0.2) is 0 Å². The number of nitrogens with zero attached hydrogens (tertiary/aromatic N) is 1. The van der Waals surface area contributed by atoms with E-state index in [9.17, 15) is 4.79 Å². The molecule has 0 spiro atoms. The SMILES string of the molecule is CCOC(=O)C(CC)N1CCC(Br)CC1. The maximum absolute atomic E-state index is 11.7. The topological polar surface area (TPSA) is 29.5 Å². The number of halogens is 1. The van der Waals surface area contributed by atoms with Crippen LogP contribution in [-0.2, 0) is 9.53 Å². The fourth-order valence-electron chi connectivity index (χ4n) is 1.99. The Bertz CT molecular complexity index is 203. The number of carbonyl (C=O) groups excluding carboxylic acids is 1. The van der Waals surface area contributed by atoms with E-state index in [0.717, 1.165) is 32.4 Å². The largest absolute Gasteiger partial charge is 0.465 e. The van der Waals surface area contributed by atoms with E-state index in [-0.39, 0.29) is 12.0 Å². The summed E-state index contributed by atoms with van der Waals surface area (Å²) < 4.78 is 5.08. The normalized spacial score (nSPS) is 21.3. The van der Waals surface area contributed by atoms with Gasteiger partial charge in [-0.1, -0.05) is 22.9 Å². The first-order valence-corrected chi connectivity index (χ1v) is 6.65. The molecule has 15 heavy (non-hydrogen) atoms. The smallest absolute Gasteiger partial charge is 0.323 e. The first kappa shape index (κ1) is 13.0. The van der Waals surface area contributed by atoms with Crippen molar-refractivity contribution in [3.05, 3.63) is 0 Å². The first-order chi connectivity index (χ1) is 7.19. The fraction of sp³-hybridized carbons (Fsp3) is 0.909. The Morgan fingerprint density at radius 1 is 1.47 bits per heavy atom. The minimum Gasteiger partial charge on any atom is -0.465 e. The number of carbonyl (C=O) groups is 1. The van der Waals surface area contributed by atoms with Gasteiger partial charge in [0, 0.05) is 17.9 Å². The van der Waals surface area contributed by atoms with Crippen LogP contribution in [0.5, 0.6) is 0 Å². The van der Waals surface area contributed by atoms with Crippen molar-refractivity contribution in [2.45, 2.75) is 44.0 Å². The van der Waals surface area contributed by atoms with Gasteiger partial charge >= 0.3 is 5.97 Å². The Morgan fingerprint density at radius 3 is 2.53 bits per heavy atom. The van der Waals surface area contributed by atoms with E-state index in [1.165, 1.54) is 0 Å². The molecule has 1 aliphatic heterocycles. The Morgan fingerprint density at radius 2 is 2.07 bits per heavy atom. The quantitative estimate of drug-likeness (QED) is 0.583. The number of ether oxygens (including phenoxy) is 1. The van der Waals surface area contributed by atoms with Crippen molar-refractivity contribution < 1.29 is 9.53 Å². The number of rotatable bonds is 4. The van der Waals surface area contributed by atoms with Gasteiger partial charge in [-0.2, -0.15) is 0 Å². The summed E-state index contributed by atoms with van der Waals surface area (Å²) in [7, 11) is 0. The van der Waals surface area contributed by atoms with Gasteiger partial charge in [-0.15, -0.1) is 0 Å². The van der Waals surface area contributed by atoms with Crippen molar-refractivity contribution in [1.82, 2.24) is 4.90 Å². The van der Waals surface area contributed by atoms with Gasteiger partial charge in [0.2, 0.25) is 0 Å². The van der Waals surface area contributed by atoms with Crippen LogP contribution in [0.3, 0.4) is 0 Å². The lowest BCUT2D eigenvalue weighted by atomic mass is 10.1. The highest BCUT2D eigenvalue weighted by Gasteiger charge is 2.28. The second kappa shape index (κ2) is 6.48. The highest BCUT2D eigenvalue weighted by molar-refractivity contribution is 9.09. The summed E-state index contributed by atoms with van der Waals surface area (Å²) in [6.07, 6.45) is 3.08. The van der Waals surface area contributed by atoms with Crippen LogP contribution in [0.1, 0.15) is 33.1 Å². The van der Waals surface area contributed by atoms with E-state index in [1.54, 1.807) is 0 Å². The maximum atomic E-state index is 11.7. The summed E-state index contributed by atoms with van der Waals surface area (Å²) in [5.74, 6) is -0.0620. The molecule has 1 rings (SSSR count). The lowest BCUT2D eigenvalue weighted by molar-refractivity contribution is -0.150. The molecular weight excluding hydrogens is 258 g/mol. The predicted molar refractivity (Wildman–Crippen MR) is 64.2 cm³/mol. The van der Waals surface area contributed by atoms with Crippen molar-refractivity contribution >= 4 is 21.9 Å². The second-order valence-corrected chi connectivity index (χ2v) is 5.18. The van der Waals surface area contributed by atoms with E-state index >= 15 is 0 Å². The van der Waals surface area contributed by atoms with Crippen LogP contribution in [0, 0.1) is 0 Å². The average molecular weight is 278 g/mol. The van der Waals surface area contributed by atoms with Gasteiger partial charge < -0.3 is 4.74 Å². The fourth-order valence-corrected chi connectivity index (χ4v) is 2.40. The number of hydrogen-bond acceptors (Lipinski definition) is 3. The summed E-state index contributed by atoms with van der Waals surface area (Å²) in [5.41, 5.74) is 0. The Kier molecular flexibility index (Phi) is 5.61. The van der Waals surface area contributed by atoms with Crippen LogP contribution in [0.2, 0.25) is 0 Å². The number of alkyl halides is 1. The molecule has 0 N–H and O–H groups in total. The van der Waals surface area contributed by atoms with Crippen LogP contribution >= 0.6 is 15.9 Å². The highest BCUT2D eigenvalue weighted by atomic mass is 79.9. The van der Waals surface area contributed by atoms with Gasteiger partial charge in [0.05, 0.1) is 6.61 Å². The molecule has 1 atom stereocenters. The number of likely N-dealkylation sites (tertiary alicyclic amines) is 1. The van der Waals surface area contributed by atoms with Gasteiger partial charge in [-0.3, -0.25) is 9.69 Å². The molecule has 0 bridgehead atoms. The maximum Gasteiger partial charge on any atom is 0.323 e. The zero-order chi connectivity index (χ0) is 11.3. The molecule has 88 valence electrons. The summed E-state index contributed by atoms with van der Waals surface area (Å²) in [5, 5.41) is 0. The summed E-state index contributed by atoms with van der Waals surface area (Å²) in [6, 6.07) is -0.0371. The van der Waals surface area contributed by atoms with Crippen LogP contribution in [0.15, 0.2) is 0 Å². The number of hydrogen-bond donors (Lipinski definition) is 0. The summed E-state index contributed by atoms with van der Waals surface area (Å²) in [4.78, 5) is 14.5. The molecule has 0 radical (unpaired) electrons. The Balaban J connectivity index is 2.47. The number of esters is 1. The summed E-state index contributed by atoms with van der Waals surface area (Å²) >= 11 is 3.61. The molecule has 0 aliphatic carbocycles. The first-order valence-electron chi connectivity index (χ1n) is 5.73. The molecule has 1 saturated heterocycles. The van der Waals surface area contributed by atoms with Crippen molar-refractivity contribution in [1.29, 1.82) is 0 Å². The molecule has 0 amide bonds. The molecule has 3 nitrogen and oxygen atoms in total. The van der Waals surface area contributed by atoms with E-state index in [0.29, 0.717) is 11.4 Å². The van der Waals surface area contributed by atoms with Crippen LogP contribution in [-0.4, -0.2) is 41.4 Å². The van der Waals surface area contributed by atoms with Crippen molar-refractivity contribution in [3.63, 3.8) is 0 Å². The third-order valence-corrected chi connectivity index (χ3v) is 3.76. The minimum atomic E-state index is -0.0620. The molecule has 0 saturated carbocycles. The minimum absolute atomic E-state index is 0.0371. The zero-order valence-electron chi connectivity index (χ0n) is 9.54. The third-order valence-electron chi connectivity index (χ3n) is 2.85. The van der Waals surface area contributed by atoms with Gasteiger partial charge in [-0.05, 0) is 26.2 Å². The van der Waals surface area contributed by atoms with Crippen LogP contribution in [0.4, 0.5) is 0 Å².